The molecule has 1 aromatic carbocycles. The molecule has 1 heterocycles. The molecule has 4 heteroatoms. The summed E-state index contributed by atoms with van der Waals surface area (Å²) in [6, 6.07) is 6.86. The minimum absolute atomic E-state index is 0.0185. The highest BCUT2D eigenvalue weighted by molar-refractivity contribution is 5.74. The SMILES string of the molecule is CC(NC(=O)NC1CC(C)(C)NC(C)(C)C1)c1ccc2c(c1)CCCC2. The summed E-state index contributed by atoms with van der Waals surface area (Å²) in [5.41, 5.74) is 4.21. The molecule has 0 bridgehead atoms. The molecule has 3 rings (SSSR count). The Morgan fingerprint density at radius 1 is 1.08 bits per heavy atom. The predicted octanol–water partition coefficient (Wildman–Crippen LogP) is 4.23. The number of piperidine rings is 1. The van der Waals surface area contributed by atoms with Crippen molar-refractivity contribution in [2.24, 2.45) is 0 Å². The number of carbonyl (C=O) groups is 1. The Balaban J connectivity index is 1.59. The van der Waals surface area contributed by atoms with Gasteiger partial charge in [-0.1, -0.05) is 18.2 Å². The van der Waals surface area contributed by atoms with Crippen LogP contribution in [0.1, 0.15) is 83.0 Å². The van der Waals surface area contributed by atoms with Gasteiger partial charge in [0.1, 0.15) is 0 Å². The van der Waals surface area contributed by atoms with Gasteiger partial charge in [-0.3, -0.25) is 0 Å². The van der Waals surface area contributed by atoms with Crippen molar-refractivity contribution in [2.75, 3.05) is 0 Å². The summed E-state index contributed by atoms with van der Waals surface area (Å²) in [4.78, 5) is 12.6. The fourth-order valence-corrected chi connectivity index (χ4v) is 4.95. The van der Waals surface area contributed by atoms with Gasteiger partial charge >= 0.3 is 6.03 Å². The van der Waals surface area contributed by atoms with Crippen molar-refractivity contribution in [3.63, 3.8) is 0 Å². The van der Waals surface area contributed by atoms with E-state index in [4.69, 9.17) is 0 Å². The molecule has 1 aliphatic carbocycles. The van der Waals surface area contributed by atoms with E-state index in [-0.39, 0.29) is 29.2 Å². The van der Waals surface area contributed by atoms with Crippen molar-refractivity contribution >= 4 is 6.03 Å². The van der Waals surface area contributed by atoms with Crippen molar-refractivity contribution < 1.29 is 4.79 Å². The molecule has 4 nitrogen and oxygen atoms in total. The molecule has 1 aliphatic heterocycles. The van der Waals surface area contributed by atoms with E-state index in [0.29, 0.717) is 0 Å². The van der Waals surface area contributed by atoms with Crippen molar-refractivity contribution in [1.29, 1.82) is 0 Å². The van der Waals surface area contributed by atoms with E-state index in [1.54, 1.807) is 0 Å². The van der Waals surface area contributed by atoms with E-state index in [1.165, 1.54) is 42.4 Å². The third-order valence-electron chi connectivity index (χ3n) is 5.75. The number of amides is 2. The van der Waals surface area contributed by atoms with Crippen LogP contribution in [0.3, 0.4) is 0 Å². The Morgan fingerprint density at radius 2 is 1.69 bits per heavy atom. The Kier molecular flexibility index (Phi) is 5.34. The molecular weight excluding hydrogens is 322 g/mol. The lowest BCUT2D eigenvalue weighted by molar-refractivity contribution is 0.147. The highest BCUT2D eigenvalue weighted by Crippen LogP contribution is 2.29. The number of hydrogen-bond acceptors (Lipinski definition) is 2. The summed E-state index contributed by atoms with van der Waals surface area (Å²) in [5.74, 6) is 0. The summed E-state index contributed by atoms with van der Waals surface area (Å²) >= 11 is 0. The quantitative estimate of drug-likeness (QED) is 0.758. The summed E-state index contributed by atoms with van der Waals surface area (Å²) < 4.78 is 0. The molecular formula is C22H35N3O. The maximum Gasteiger partial charge on any atom is 0.315 e. The summed E-state index contributed by atoms with van der Waals surface area (Å²) in [5, 5.41) is 10.00. The van der Waals surface area contributed by atoms with Gasteiger partial charge < -0.3 is 16.0 Å². The lowest BCUT2D eigenvalue weighted by Crippen LogP contribution is -2.62. The Morgan fingerprint density at radius 3 is 2.35 bits per heavy atom. The minimum Gasteiger partial charge on any atom is -0.335 e. The van der Waals surface area contributed by atoms with Crippen molar-refractivity contribution in [2.45, 2.75) is 96.3 Å². The average molecular weight is 358 g/mol. The first-order chi connectivity index (χ1) is 12.1. The first-order valence-electron chi connectivity index (χ1n) is 10.1. The molecule has 2 aliphatic rings. The number of hydrogen-bond donors (Lipinski definition) is 3. The third-order valence-corrected chi connectivity index (χ3v) is 5.75. The number of carbonyl (C=O) groups excluding carboxylic acids is 1. The van der Waals surface area contributed by atoms with Crippen molar-refractivity contribution in [3.8, 4) is 0 Å². The standard InChI is InChI=1S/C22H35N3O/c1-15(17-11-10-16-8-6-7-9-18(16)12-17)23-20(26)24-19-13-21(2,3)25-22(4,5)14-19/h10-12,15,19,25H,6-9,13-14H2,1-5H3,(H2,23,24,26). The molecule has 1 atom stereocenters. The predicted molar refractivity (Wildman–Crippen MR) is 107 cm³/mol. The maximum absolute atomic E-state index is 12.6. The van der Waals surface area contributed by atoms with Crippen LogP contribution in [0.2, 0.25) is 0 Å². The van der Waals surface area contributed by atoms with Crippen LogP contribution in [0.15, 0.2) is 18.2 Å². The highest BCUT2D eigenvalue weighted by Gasteiger charge is 2.38. The molecule has 1 unspecified atom stereocenters. The zero-order valence-electron chi connectivity index (χ0n) is 17.0. The van der Waals surface area contributed by atoms with Crippen LogP contribution in [0, 0.1) is 0 Å². The maximum atomic E-state index is 12.6. The van der Waals surface area contributed by atoms with Gasteiger partial charge in [-0.2, -0.15) is 0 Å². The minimum atomic E-state index is -0.0614. The average Bonchev–Trinajstić information content (AvgIpc) is 2.51. The summed E-state index contributed by atoms with van der Waals surface area (Å²) in [6.45, 7) is 10.9. The van der Waals surface area contributed by atoms with Crippen LogP contribution in [-0.2, 0) is 12.8 Å². The lowest BCUT2D eigenvalue weighted by atomic mass is 9.80. The van der Waals surface area contributed by atoms with Crippen LogP contribution in [0.25, 0.3) is 0 Å². The second-order valence-electron chi connectivity index (χ2n) is 9.57. The fraction of sp³-hybridized carbons (Fsp3) is 0.682. The molecule has 144 valence electrons. The van der Waals surface area contributed by atoms with E-state index in [1.807, 2.05) is 0 Å². The molecule has 0 aromatic heterocycles. The molecule has 0 saturated carbocycles. The van der Waals surface area contributed by atoms with Gasteiger partial charge in [0, 0.05) is 17.1 Å². The van der Waals surface area contributed by atoms with Crippen molar-refractivity contribution in [1.82, 2.24) is 16.0 Å². The normalized spacial score (nSPS) is 23.0. The third kappa shape index (κ3) is 4.79. The number of rotatable bonds is 3. The number of fused-ring (bicyclic) bond motifs is 1. The first kappa shape index (κ1) is 19.2. The van der Waals surface area contributed by atoms with Gasteiger partial charge in [0.2, 0.25) is 0 Å². The lowest BCUT2D eigenvalue weighted by Gasteiger charge is -2.46. The Bertz CT molecular complexity index is 649. The number of aryl methyl sites for hydroxylation is 2. The van der Waals surface area contributed by atoms with Crippen molar-refractivity contribution in [3.05, 3.63) is 34.9 Å². The molecule has 26 heavy (non-hydrogen) atoms. The van der Waals surface area contributed by atoms with Crippen LogP contribution < -0.4 is 16.0 Å². The number of urea groups is 1. The first-order valence-corrected chi connectivity index (χ1v) is 10.1. The van der Waals surface area contributed by atoms with E-state index in [2.05, 4.69) is 68.8 Å². The second-order valence-corrected chi connectivity index (χ2v) is 9.57. The Hall–Kier alpha value is -1.55. The van der Waals surface area contributed by atoms with Crippen LogP contribution in [0.5, 0.6) is 0 Å². The largest absolute Gasteiger partial charge is 0.335 e. The van der Waals surface area contributed by atoms with E-state index >= 15 is 0 Å². The van der Waals surface area contributed by atoms with Gasteiger partial charge in [0.25, 0.3) is 0 Å². The summed E-state index contributed by atoms with van der Waals surface area (Å²) in [6.07, 6.45) is 6.82. The zero-order chi connectivity index (χ0) is 18.9. The van der Waals surface area contributed by atoms with E-state index < -0.39 is 0 Å². The van der Waals surface area contributed by atoms with Crippen LogP contribution in [0.4, 0.5) is 4.79 Å². The van der Waals surface area contributed by atoms with Gasteiger partial charge in [-0.15, -0.1) is 0 Å². The Labute approximate surface area is 158 Å². The van der Waals surface area contributed by atoms with E-state index in [9.17, 15) is 4.79 Å². The van der Waals surface area contributed by atoms with Crippen LogP contribution in [-0.4, -0.2) is 23.2 Å². The number of nitrogens with one attached hydrogen (secondary N) is 3. The molecule has 1 fully saturated rings. The number of benzene rings is 1. The van der Waals surface area contributed by atoms with Crippen LogP contribution >= 0.6 is 0 Å². The summed E-state index contributed by atoms with van der Waals surface area (Å²) in [7, 11) is 0. The van der Waals surface area contributed by atoms with Gasteiger partial charge in [0.15, 0.2) is 0 Å². The molecule has 1 saturated heterocycles. The molecule has 2 amide bonds. The van der Waals surface area contributed by atoms with Gasteiger partial charge in [-0.05, 0) is 89.8 Å². The monoisotopic (exact) mass is 357 g/mol. The highest BCUT2D eigenvalue weighted by atomic mass is 16.2. The molecule has 0 radical (unpaired) electrons. The second kappa shape index (κ2) is 7.22. The molecule has 0 spiro atoms. The topological polar surface area (TPSA) is 53.2 Å². The van der Waals surface area contributed by atoms with Gasteiger partial charge in [0.05, 0.1) is 6.04 Å². The smallest absolute Gasteiger partial charge is 0.315 e. The van der Waals surface area contributed by atoms with Gasteiger partial charge in [-0.25, -0.2) is 4.79 Å². The molecule has 1 aromatic rings. The zero-order valence-corrected chi connectivity index (χ0v) is 17.0. The van der Waals surface area contributed by atoms with E-state index in [0.717, 1.165) is 12.8 Å². The molecule has 3 N–H and O–H groups in total. The fourth-order valence-electron chi connectivity index (χ4n) is 4.95.